The van der Waals surface area contributed by atoms with Crippen LogP contribution in [0.2, 0.25) is 5.02 Å². The van der Waals surface area contributed by atoms with Crippen molar-refractivity contribution in [2.45, 2.75) is 39.5 Å². The van der Waals surface area contributed by atoms with Crippen LogP contribution in [-0.4, -0.2) is 16.1 Å². The molecular weight excluding hydrogens is 358 g/mol. The van der Waals surface area contributed by atoms with Crippen molar-refractivity contribution in [2.24, 2.45) is 0 Å². The van der Waals surface area contributed by atoms with Gasteiger partial charge in [0.2, 0.25) is 0 Å². The summed E-state index contributed by atoms with van der Waals surface area (Å²) in [6.07, 6.45) is 8.43. The lowest BCUT2D eigenvalue weighted by atomic mass is 9.99. The molecule has 0 unspecified atom stereocenters. The second-order valence-corrected chi connectivity index (χ2v) is 7.27. The molecule has 4 heteroatoms. The van der Waals surface area contributed by atoms with Crippen LogP contribution < -0.4 is 0 Å². The number of aryl methyl sites for hydroxylation is 1. The number of fused-ring (bicyclic) bond motifs is 1. The number of carbonyl (C=O) groups is 1. The Kier molecular flexibility index (Phi) is 6.02. The van der Waals surface area contributed by atoms with Gasteiger partial charge in [-0.1, -0.05) is 55.7 Å². The number of rotatable bonds is 7. The van der Waals surface area contributed by atoms with E-state index in [1.54, 1.807) is 12.1 Å². The first-order valence-corrected chi connectivity index (χ1v) is 9.67. The van der Waals surface area contributed by atoms with Crippen LogP contribution in [0.5, 0.6) is 0 Å². The van der Waals surface area contributed by atoms with Crippen LogP contribution in [0.25, 0.3) is 17.0 Å². The normalized spacial score (nSPS) is 11.5. The van der Waals surface area contributed by atoms with Crippen LogP contribution >= 0.6 is 11.6 Å². The molecule has 0 fully saturated rings. The summed E-state index contributed by atoms with van der Waals surface area (Å²) >= 11 is 6.53. The maximum atomic E-state index is 11.3. The van der Waals surface area contributed by atoms with E-state index in [9.17, 15) is 9.90 Å². The number of aromatic carboxylic acids is 1. The number of nitrogens with one attached hydrogen (secondary N) is 1. The van der Waals surface area contributed by atoms with Gasteiger partial charge >= 0.3 is 5.97 Å². The number of hydrogen-bond acceptors (Lipinski definition) is 1. The van der Waals surface area contributed by atoms with E-state index < -0.39 is 5.97 Å². The van der Waals surface area contributed by atoms with Crippen LogP contribution in [-0.2, 0) is 6.42 Å². The van der Waals surface area contributed by atoms with Crippen LogP contribution in [0.15, 0.2) is 42.5 Å². The van der Waals surface area contributed by atoms with Crippen molar-refractivity contribution in [1.29, 1.82) is 0 Å². The van der Waals surface area contributed by atoms with Gasteiger partial charge in [0.05, 0.1) is 5.56 Å². The molecule has 3 nitrogen and oxygen atoms in total. The van der Waals surface area contributed by atoms with E-state index in [1.165, 1.54) is 12.8 Å². The van der Waals surface area contributed by atoms with Gasteiger partial charge < -0.3 is 10.1 Å². The molecule has 0 radical (unpaired) electrons. The quantitative estimate of drug-likeness (QED) is 0.451. The molecule has 0 aliphatic rings. The number of carboxylic acid groups (broad SMARTS) is 1. The van der Waals surface area contributed by atoms with Crippen LogP contribution in [0.4, 0.5) is 0 Å². The Morgan fingerprint density at radius 2 is 2.04 bits per heavy atom. The minimum Gasteiger partial charge on any atom is -0.478 e. The Morgan fingerprint density at radius 3 is 2.74 bits per heavy atom. The molecule has 1 aromatic heterocycles. The van der Waals surface area contributed by atoms with Crippen molar-refractivity contribution in [3.63, 3.8) is 0 Å². The number of carboxylic acids is 1. The summed E-state index contributed by atoms with van der Waals surface area (Å²) in [7, 11) is 0. The summed E-state index contributed by atoms with van der Waals surface area (Å²) in [4.78, 5) is 14.6. The van der Waals surface area contributed by atoms with Crippen molar-refractivity contribution < 1.29 is 9.90 Å². The molecular formula is C23H24ClNO2. The van der Waals surface area contributed by atoms with E-state index in [0.29, 0.717) is 12.0 Å². The highest BCUT2D eigenvalue weighted by Gasteiger charge is 2.13. The Bertz CT molecular complexity index is 1000. The molecule has 3 rings (SSSR count). The first-order valence-electron chi connectivity index (χ1n) is 9.29. The third kappa shape index (κ3) is 4.42. The fraction of sp³-hybridized carbons (Fsp3) is 0.261. The Morgan fingerprint density at radius 1 is 1.22 bits per heavy atom. The third-order valence-electron chi connectivity index (χ3n) is 4.85. The van der Waals surface area contributed by atoms with Gasteiger partial charge in [-0.3, -0.25) is 0 Å². The smallest absolute Gasteiger partial charge is 0.335 e. The van der Waals surface area contributed by atoms with Gasteiger partial charge in [0.15, 0.2) is 0 Å². The zero-order valence-electron chi connectivity index (χ0n) is 15.7. The van der Waals surface area contributed by atoms with Crippen molar-refractivity contribution in [3.05, 3.63) is 75.4 Å². The molecule has 0 bridgehead atoms. The number of aromatic amines is 1. The van der Waals surface area contributed by atoms with Gasteiger partial charge in [-0.2, -0.15) is 0 Å². The highest BCUT2D eigenvalue weighted by Crippen LogP contribution is 2.29. The summed E-state index contributed by atoms with van der Waals surface area (Å²) in [6, 6.07) is 11.3. The molecule has 2 N–H and O–H groups in total. The second-order valence-electron chi connectivity index (χ2n) is 6.87. The highest BCUT2D eigenvalue weighted by atomic mass is 35.5. The van der Waals surface area contributed by atoms with E-state index in [1.807, 2.05) is 19.1 Å². The van der Waals surface area contributed by atoms with Crippen molar-refractivity contribution in [2.75, 3.05) is 0 Å². The van der Waals surface area contributed by atoms with Crippen LogP contribution in [0.3, 0.4) is 0 Å². The van der Waals surface area contributed by atoms with Crippen molar-refractivity contribution in [1.82, 2.24) is 4.98 Å². The summed E-state index contributed by atoms with van der Waals surface area (Å²) in [5.74, 6) is -0.918. The monoisotopic (exact) mass is 381 g/mol. The lowest BCUT2D eigenvalue weighted by Crippen LogP contribution is -1.96. The average Bonchev–Trinajstić information content (AvgIpc) is 2.95. The van der Waals surface area contributed by atoms with E-state index >= 15 is 0 Å². The lowest BCUT2D eigenvalue weighted by molar-refractivity contribution is 0.0697. The van der Waals surface area contributed by atoms with Crippen LogP contribution in [0.1, 0.15) is 58.9 Å². The first kappa shape index (κ1) is 19.2. The lowest BCUT2D eigenvalue weighted by Gasteiger charge is -2.07. The van der Waals surface area contributed by atoms with Gasteiger partial charge in [0.1, 0.15) is 0 Å². The highest BCUT2D eigenvalue weighted by molar-refractivity contribution is 6.31. The number of H-pyrrole nitrogens is 1. The maximum absolute atomic E-state index is 11.3. The molecule has 3 aromatic rings. The minimum absolute atomic E-state index is 0.293. The zero-order valence-corrected chi connectivity index (χ0v) is 16.4. The fourth-order valence-electron chi connectivity index (χ4n) is 3.29. The number of hydrogen-bond donors (Lipinski definition) is 2. The van der Waals surface area contributed by atoms with Gasteiger partial charge in [0, 0.05) is 28.0 Å². The number of aromatic nitrogens is 1. The zero-order chi connectivity index (χ0) is 19.4. The summed E-state index contributed by atoms with van der Waals surface area (Å²) < 4.78 is 0. The van der Waals surface area contributed by atoms with Crippen molar-refractivity contribution in [3.8, 4) is 0 Å². The second kappa shape index (κ2) is 8.45. The number of allylic oxidation sites excluding steroid dienone is 1. The first-order chi connectivity index (χ1) is 13.0. The topological polar surface area (TPSA) is 53.1 Å². The van der Waals surface area contributed by atoms with E-state index in [-0.39, 0.29) is 0 Å². The van der Waals surface area contributed by atoms with E-state index in [0.717, 1.165) is 44.7 Å². The predicted molar refractivity (Wildman–Crippen MR) is 113 cm³/mol. The Balaban J connectivity index is 1.88. The van der Waals surface area contributed by atoms with E-state index in [4.69, 9.17) is 11.6 Å². The predicted octanol–water partition coefficient (Wildman–Crippen LogP) is 6.62. The van der Waals surface area contributed by atoms with Crippen LogP contribution in [0, 0.1) is 6.92 Å². The number of unbranched alkanes of at least 4 members (excludes halogenated alkanes) is 2. The minimum atomic E-state index is -0.918. The molecule has 0 spiro atoms. The summed E-state index contributed by atoms with van der Waals surface area (Å²) in [6.45, 7) is 4.19. The molecule has 1 heterocycles. The van der Waals surface area contributed by atoms with Gasteiger partial charge in [-0.25, -0.2) is 4.79 Å². The van der Waals surface area contributed by atoms with Crippen molar-refractivity contribution >= 4 is 34.5 Å². The van der Waals surface area contributed by atoms with Gasteiger partial charge in [0.25, 0.3) is 0 Å². The molecule has 0 saturated heterocycles. The number of benzene rings is 2. The summed E-state index contributed by atoms with van der Waals surface area (Å²) in [5.41, 5.74) is 5.49. The van der Waals surface area contributed by atoms with Gasteiger partial charge in [-0.15, -0.1) is 0 Å². The largest absolute Gasteiger partial charge is 0.478 e. The van der Waals surface area contributed by atoms with E-state index in [2.05, 4.69) is 36.2 Å². The molecule has 0 atom stereocenters. The molecule has 0 aliphatic heterocycles. The third-order valence-corrected chi connectivity index (χ3v) is 5.20. The Hall–Kier alpha value is -2.52. The SMILES string of the molecule is CCCCC=Cc1ccc(Cc2c(C)[nH]c3ccc(C(=O)O)cc23)c(Cl)c1. The molecule has 140 valence electrons. The Labute approximate surface area is 164 Å². The standard InChI is InChI=1S/C23H24ClNO2/c1-3-4-5-6-7-16-8-9-17(21(24)12-16)13-19-15(2)25-22-11-10-18(23(26)27)14-20(19)22/h6-12,14,25H,3-5,13H2,1-2H3,(H,26,27). The average molecular weight is 382 g/mol. The molecule has 27 heavy (non-hydrogen) atoms. The number of halogens is 1. The maximum Gasteiger partial charge on any atom is 0.335 e. The molecule has 0 aliphatic carbocycles. The molecule has 0 saturated carbocycles. The molecule has 2 aromatic carbocycles. The molecule has 0 amide bonds. The fourth-order valence-corrected chi connectivity index (χ4v) is 3.54. The van der Waals surface area contributed by atoms with Gasteiger partial charge in [-0.05, 0) is 54.3 Å². The summed E-state index contributed by atoms with van der Waals surface area (Å²) in [5, 5.41) is 10.9.